The van der Waals surface area contributed by atoms with Crippen molar-refractivity contribution < 1.29 is 5.11 Å². The number of likely N-dealkylation sites (tertiary alicyclic amines) is 1. The first-order valence-electron chi connectivity index (χ1n) is 14.2. The first-order chi connectivity index (χ1) is 17.1. The van der Waals surface area contributed by atoms with Crippen molar-refractivity contribution in [2.75, 3.05) is 26.7 Å². The molecule has 194 valence electrons. The number of piperidine rings is 1. The molecule has 0 unspecified atom stereocenters. The van der Waals surface area contributed by atoms with E-state index in [1.165, 1.54) is 38.5 Å². The van der Waals surface area contributed by atoms with E-state index in [2.05, 4.69) is 40.5 Å². The van der Waals surface area contributed by atoms with Gasteiger partial charge >= 0.3 is 0 Å². The molecule has 0 spiro atoms. The Labute approximate surface area is 214 Å². The largest absolute Gasteiger partial charge is 0.385 e. The summed E-state index contributed by atoms with van der Waals surface area (Å²) in [5, 5.41) is 25.0. The zero-order valence-electron chi connectivity index (χ0n) is 22.2. The van der Waals surface area contributed by atoms with Gasteiger partial charge in [0.05, 0.1) is 5.60 Å². The average molecular weight is 481 g/mol. The van der Waals surface area contributed by atoms with E-state index < -0.39 is 5.60 Å². The predicted octanol–water partition coefficient (Wildman–Crippen LogP) is 6.24. The monoisotopic (exact) mass is 480 g/mol. The second-order valence-corrected chi connectivity index (χ2v) is 11.0. The van der Waals surface area contributed by atoms with Gasteiger partial charge in [-0.05, 0) is 56.7 Å². The lowest BCUT2D eigenvalue weighted by atomic mass is 9.74. The zero-order valence-corrected chi connectivity index (χ0v) is 22.2. The Morgan fingerprint density at radius 1 is 1.17 bits per heavy atom. The standard InChI is InChI=1S/C30H48N4O/c1-3-4-11-18-30(35,27-15-9-6-10-16-27)28-17-12-19-34(23-28)29(33-24-31)21-26(22-32-2)20-25-13-7-5-8-14-25/h6,9-10,15-16,25-26,28,32,35H,3-5,7-8,11-14,17-23H2,1-2H3/t26-,28-,30-/m1/s1. The number of nitriles is 1. The van der Waals surface area contributed by atoms with Crippen molar-refractivity contribution in [2.45, 2.75) is 96.0 Å². The minimum absolute atomic E-state index is 0.139. The Bertz CT molecular complexity index is 798. The Kier molecular flexibility index (Phi) is 11.6. The van der Waals surface area contributed by atoms with Crippen molar-refractivity contribution in [1.29, 1.82) is 5.26 Å². The van der Waals surface area contributed by atoms with Gasteiger partial charge in [0, 0.05) is 25.4 Å². The Balaban J connectivity index is 1.75. The molecule has 1 aromatic carbocycles. The zero-order chi connectivity index (χ0) is 24.9. The second-order valence-electron chi connectivity index (χ2n) is 11.0. The summed E-state index contributed by atoms with van der Waals surface area (Å²) in [4.78, 5) is 6.69. The third-order valence-corrected chi connectivity index (χ3v) is 8.43. The summed E-state index contributed by atoms with van der Waals surface area (Å²) in [7, 11) is 2.03. The molecule has 1 heterocycles. The quantitative estimate of drug-likeness (QED) is 0.161. The molecular weight excluding hydrogens is 432 g/mol. The fourth-order valence-electron chi connectivity index (χ4n) is 6.54. The molecule has 1 aliphatic heterocycles. The van der Waals surface area contributed by atoms with Gasteiger partial charge in [-0.25, -0.2) is 0 Å². The summed E-state index contributed by atoms with van der Waals surface area (Å²) < 4.78 is 0. The van der Waals surface area contributed by atoms with E-state index >= 15 is 0 Å². The number of unbranched alkanes of at least 4 members (excludes halogenated alkanes) is 2. The molecule has 0 amide bonds. The van der Waals surface area contributed by atoms with Gasteiger partial charge in [-0.3, -0.25) is 0 Å². The third-order valence-electron chi connectivity index (χ3n) is 8.43. The maximum atomic E-state index is 12.1. The van der Waals surface area contributed by atoms with Crippen molar-refractivity contribution in [3.63, 3.8) is 0 Å². The molecule has 35 heavy (non-hydrogen) atoms. The number of aliphatic hydroxyl groups is 1. The molecule has 3 atom stereocenters. The second kappa shape index (κ2) is 14.6. The average Bonchev–Trinajstić information content (AvgIpc) is 2.90. The molecule has 0 bridgehead atoms. The molecule has 1 aromatic rings. The summed E-state index contributed by atoms with van der Waals surface area (Å²) in [6.45, 7) is 4.87. The first-order valence-corrected chi connectivity index (χ1v) is 14.2. The van der Waals surface area contributed by atoms with Gasteiger partial charge in [0.2, 0.25) is 6.19 Å². The van der Waals surface area contributed by atoms with Crippen LogP contribution in [0.15, 0.2) is 35.3 Å². The van der Waals surface area contributed by atoms with E-state index in [0.717, 1.165) is 81.9 Å². The van der Waals surface area contributed by atoms with Crippen molar-refractivity contribution in [3.8, 4) is 6.19 Å². The van der Waals surface area contributed by atoms with Gasteiger partial charge < -0.3 is 15.3 Å². The molecule has 0 radical (unpaired) electrons. The first kappa shape index (κ1) is 27.7. The van der Waals surface area contributed by atoms with Gasteiger partial charge in [0.1, 0.15) is 5.84 Å². The van der Waals surface area contributed by atoms with Gasteiger partial charge in [-0.15, -0.1) is 0 Å². The number of hydrogen-bond acceptors (Lipinski definition) is 4. The smallest absolute Gasteiger partial charge is 0.207 e. The highest BCUT2D eigenvalue weighted by Crippen LogP contribution is 2.40. The normalized spacial score (nSPS) is 22.4. The van der Waals surface area contributed by atoms with Crippen LogP contribution in [0.3, 0.4) is 0 Å². The maximum absolute atomic E-state index is 12.1. The Hall–Kier alpha value is -1.90. The maximum Gasteiger partial charge on any atom is 0.207 e. The van der Waals surface area contributed by atoms with Gasteiger partial charge in [0.15, 0.2) is 0 Å². The Morgan fingerprint density at radius 2 is 1.94 bits per heavy atom. The van der Waals surface area contributed by atoms with Crippen LogP contribution in [0.1, 0.15) is 96.0 Å². The van der Waals surface area contributed by atoms with Crippen LogP contribution in [-0.2, 0) is 5.60 Å². The lowest BCUT2D eigenvalue weighted by molar-refractivity contribution is -0.0535. The topological polar surface area (TPSA) is 71.7 Å². The fourth-order valence-corrected chi connectivity index (χ4v) is 6.54. The van der Waals surface area contributed by atoms with Crippen LogP contribution in [0.25, 0.3) is 0 Å². The van der Waals surface area contributed by atoms with Crippen LogP contribution in [0.2, 0.25) is 0 Å². The molecule has 2 fully saturated rings. The van der Waals surface area contributed by atoms with E-state index in [1.807, 2.05) is 25.2 Å². The summed E-state index contributed by atoms with van der Waals surface area (Å²) in [6, 6.07) is 10.3. The van der Waals surface area contributed by atoms with Crippen molar-refractivity contribution in [2.24, 2.45) is 22.7 Å². The number of aliphatic imine (C=N–C) groups is 1. The van der Waals surface area contributed by atoms with Crippen LogP contribution >= 0.6 is 0 Å². The lowest BCUT2D eigenvalue weighted by Crippen LogP contribution is -2.48. The highest BCUT2D eigenvalue weighted by Gasteiger charge is 2.40. The number of amidine groups is 1. The molecular formula is C30H48N4O. The fraction of sp³-hybridized carbons (Fsp3) is 0.733. The van der Waals surface area contributed by atoms with Crippen LogP contribution in [0.5, 0.6) is 0 Å². The van der Waals surface area contributed by atoms with Crippen LogP contribution < -0.4 is 5.32 Å². The molecule has 5 heteroatoms. The molecule has 1 aliphatic carbocycles. The minimum Gasteiger partial charge on any atom is -0.385 e. The third kappa shape index (κ3) is 8.05. The van der Waals surface area contributed by atoms with E-state index in [-0.39, 0.29) is 5.92 Å². The van der Waals surface area contributed by atoms with Crippen molar-refractivity contribution >= 4 is 5.84 Å². The highest BCUT2D eigenvalue weighted by atomic mass is 16.3. The number of hydrogen-bond donors (Lipinski definition) is 2. The van der Waals surface area contributed by atoms with Gasteiger partial charge in [-0.1, -0.05) is 88.6 Å². The van der Waals surface area contributed by atoms with E-state index in [0.29, 0.717) is 5.92 Å². The van der Waals surface area contributed by atoms with Gasteiger partial charge in [-0.2, -0.15) is 10.3 Å². The van der Waals surface area contributed by atoms with Crippen molar-refractivity contribution in [1.82, 2.24) is 10.2 Å². The number of rotatable bonds is 12. The van der Waals surface area contributed by atoms with E-state index in [9.17, 15) is 10.4 Å². The van der Waals surface area contributed by atoms with E-state index in [4.69, 9.17) is 0 Å². The van der Waals surface area contributed by atoms with Crippen LogP contribution in [0.4, 0.5) is 0 Å². The Morgan fingerprint density at radius 3 is 2.63 bits per heavy atom. The summed E-state index contributed by atoms with van der Waals surface area (Å²) in [5.74, 6) is 2.37. The SMILES string of the molecule is CCCCC[C@@](O)(c1ccccc1)[C@@H]1CCCN(C(C[C@H](CNC)CC2CCCCC2)=NC#N)C1. The highest BCUT2D eigenvalue weighted by molar-refractivity contribution is 5.83. The molecule has 2 aliphatic rings. The number of nitrogens with zero attached hydrogens (tertiary/aromatic N) is 3. The van der Waals surface area contributed by atoms with Crippen LogP contribution in [-0.4, -0.2) is 42.5 Å². The summed E-state index contributed by atoms with van der Waals surface area (Å²) in [5.41, 5.74) is 0.200. The van der Waals surface area contributed by atoms with Crippen LogP contribution in [0, 0.1) is 29.2 Å². The number of nitrogens with one attached hydrogen (secondary N) is 1. The van der Waals surface area contributed by atoms with Crippen molar-refractivity contribution in [3.05, 3.63) is 35.9 Å². The molecule has 0 aromatic heterocycles. The lowest BCUT2D eigenvalue weighted by Gasteiger charge is -2.44. The molecule has 3 rings (SSSR count). The minimum atomic E-state index is -0.834. The number of benzene rings is 1. The summed E-state index contributed by atoms with van der Waals surface area (Å²) in [6.07, 6.45) is 17.1. The molecule has 1 saturated carbocycles. The molecule has 5 nitrogen and oxygen atoms in total. The molecule has 1 saturated heterocycles. The molecule has 2 N–H and O–H groups in total. The van der Waals surface area contributed by atoms with Gasteiger partial charge in [0.25, 0.3) is 0 Å². The predicted molar refractivity (Wildman–Crippen MR) is 145 cm³/mol. The summed E-state index contributed by atoms with van der Waals surface area (Å²) >= 11 is 0. The van der Waals surface area contributed by atoms with E-state index in [1.54, 1.807) is 0 Å².